The van der Waals surface area contributed by atoms with Gasteiger partial charge in [-0.2, -0.15) is 5.10 Å². The number of nitro groups is 1. The molecule has 1 aromatic heterocycles. The Balaban J connectivity index is 2.26. The summed E-state index contributed by atoms with van der Waals surface area (Å²) in [4.78, 5) is 13.2. The van der Waals surface area contributed by atoms with Crippen molar-refractivity contribution >= 4 is 11.5 Å². The molecule has 2 heterocycles. The summed E-state index contributed by atoms with van der Waals surface area (Å²) in [5, 5.41) is 19.2. The number of aryl methyl sites for hydroxylation is 1. The van der Waals surface area contributed by atoms with E-state index < -0.39 is 0 Å². The highest BCUT2D eigenvalue weighted by atomic mass is 16.6. The molecule has 1 aromatic rings. The normalized spacial score (nSPS) is 16.4. The first-order valence-corrected chi connectivity index (χ1v) is 7.55. The van der Waals surface area contributed by atoms with Gasteiger partial charge in [0.1, 0.15) is 5.69 Å². The van der Waals surface area contributed by atoms with E-state index in [2.05, 4.69) is 10.4 Å². The first kappa shape index (κ1) is 15.8. The van der Waals surface area contributed by atoms with E-state index in [-0.39, 0.29) is 16.5 Å². The molecule has 7 nitrogen and oxygen atoms in total. The van der Waals surface area contributed by atoms with Gasteiger partial charge in [-0.25, -0.2) is 4.68 Å². The minimum atomic E-state index is -0.295. The summed E-state index contributed by atoms with van der Waals surface area (Å²) < 4.78 is 1.65. The summed E-state index contributed by atoms with van der Waals surface area (Å²) in [5.74, 6) is 1.23. The summed E-state index contributed by atoms with van der Waals surface area (Å²) in [6.07, 6.45) is 2.24. The van der Waals surface area contributed by atoms with Gasteiger partial charge in [0.05, 0.1) is 4.92 Å². The highest BCUT2D eigenvalue weighted by Crippen LogP contribution is 2.35. The fraction of sp³-hybridized carbons (Fsp3) is 0.786. The maximum atomic E-state index is 11.5. The lowest BCUT2D eigenvalue weighted by Gasteiger charge is -2.28. The molecule has 118 valence electrons. The van der Waals surface area contributed by atoms with Crippen LogP contribution in [0.5, 0.6) is 0 Å². The summed E-state index contributed by atoms with van der Waals surface area (Å²) >= 11 is 0. The number of anilines is 1. The number of nitrogens with zero attached hydrogens (tertiary/aromatic N) is 4. The van der Waals surface area contributed by atoms with Crippen molar-refractivity contribution in [1.29, 1.82) is 0 Å². The van der Waals surface area contributed by atoms with Crippen molar-refractivity contribution in [3.8, 4) is 0 Å². The van der Waals surface area contributed by atoms with Crippen LogP contribution in [0.25, 0.3) is 0 Å². The molecule has 7 heteroatoms. The number of nitrogens with one attached hydrogen (secondary N) is 1. The molecule has 0 amide bonds. The molecule has 0 saturated carbocycles. The second-order valence-electron chi connectivity index (χ2n) is 6.17. The second kappa shape index (κ2) is 6.43. The van der Waals surface area contributed by atoms with Crippen LogP contribution < -0.4 is 10.2 Å². The Morgan fingerprint density at radius 1 is 1.48 bits per heavy atom. The van der Waals surface area contributed by atoms with Crippen molar-refractivity contribution in [3.63, 3.8) is 0 Å². The lowest BCUT2D eigenvalue weighted by molar-refractivity contribution is -0.385. The highest BCUT2D eigenvalue weighted by Gasteiger charge is 2.31. The van der Waals surface area contributed by atoms with E-state index in [0.29, 0.717) is 17.4 Å². The zero-order valence-corrected chi connectivity index (χ0v) is 13.3. The van der Waals surface area contributed by atoms with Crippen LogP contribution in [0.3, 0.4) is 0 Å². The van der Waals surface area contributed by atoms with Gasteiger partial charge in [-0.1, -0.05) is 13.8 Å². The van der Waals surface area contributed by atoms with E-state index >= 15 is 0 Å². The quantitative estimate of drug-likeness (QED) is 0.663. The topological polar surface area (TPSA) is 76.2 Å². The summed E-state index contributed by atoms with van der Waals surface area (Å²) in [7, 11) is 3.71. The van der Waals surface area contributed by atoms with Gasteiger partial charge in [-0.05, 0) is 31.8 Å². The molecule has 1 N–H and O–H groups in total. The van der Waals surface area contributed by atoms with Crippen LogP contribution in [0.1, 0.15) is 38.3 Å². The van der Waals surface area contributed by atoms with E-state index in [1.165, 1.54) is 0 Å². The monoisotopic (exact) mass is 295 g/mol. The Hall–Kier alpha value is -1.63. The molecule has 0 unspecified atom stereocenters. The van der Waals surface area contributed by atoms with E-state index in [1.807, 2.05) is 25.8 Å². The van der Waals surface area contributed by atoms with Crippen LogP contribution in [-0.2, 0) is 7.05 Å². The van der Waals surface area contributed by atoms with Crippen molar-refractivity contribution in [1.82, 2.24) is 15.1 Å². The molecule has 1 aliphatic rings. The lowest BCUT2D eigenvalue weighted by Crippen LogP contribution is -2.35. The van der Waals surface area contributed by atoms with Crippen molar-refractivity contribution in [2.45, 2.75) is 32.6 Å². The van der Waals surface area contributed by atoms with Gasteiger partial charge in [0.15, 0.2) is 0 Å². The van der Waals surface area contributed by atoms with Gasteiger partial charge in [-0.15, -0.1) is 0 Å². The Kier molecular flexibility index (Phi) is 4.82. The number of hydrogen-bond donors (Lipinski definition) is 1. The van der Waals surface area contributed by atoms with Gasteiger partial charge in [0, 0.05) is 26.6 Å². The van der Waals surface area contributed by atoms with Crippen LogP contribution in [0.15, 0.2) is 0 Å². The third-order valence-electron chi connectivity index (χ3n) is 4.10. The Morgan fingerprint density at radius 3 is 2.62 bits per heavy atom. The number of piperidine rings is 1. The van der Waals surface area contributed by atoms with E-state index in [0.717, 1.165) is 32.5 Å². The molecule has 21 heavy (non-hydrogen) atoms. The zero-order valence-electron chi connectivity index (χ0n) is 13.3. The van der Waals surface area contributed by atoms with Gasteiger partial charge >= 0.3 is 5.69 Å². The molecule has 0 atom stereocenters. The minimum Gasteiger partial charge on any atom is -0.354 e. The maximum absolute atomic E-state index is 11.5. The highest BCUT2D eigenvalue weighted by molar-refractivity contribution is 5.62. The zero-order chi connectivity index (χ0) is 15.6. The van der Waals surface area contributed by atoms with Crippen molar-refractivity contribution in [2.75, 3.05) is 31.6 Å². The Labute approximate surface area is 125 Å². The third-order valence-corrected chi connectivity index (χ3v) is 4.10. The smallest absolute Gasteiger partial charge is 0.334 e. The molecule has 0 aromatic carbocycles. The standard InChI is InChI=1S/C14H25N5O2/c1-10(2)12-13(19(20)21)14(18(4)16-12)17(3)9-11-5-7-15-8-6-11/h10-11,15H,5-9H2,1-4H3. The van der Waals surface area contributed by atoms with E-state index in [4.69, 9.17) is 0 Å². The lowest BCUT2D eigenvalue weighted by atomic mass is 9.97. The van der Waals surface area contributed by atoms with Crippen LogP contribution in [0, 0.1) is 16.0 Å². The Bertz CT molecular complexity index is 506. The van der Waals surface area contributed by atoms with Gasteiger partial charge in [0.25, 0.3) is 0 Å². The SMILES string of the molecule is CC(C)c1nn(C)c(N(C)CC2CCNCC2)c1[N+](=O)[O-]. The molecule has 2 rings (SSSR count). The molecular formula is C14H25N5O2. The first-order chi connectivity index (χ1) is 9.91. The average Bonchev–Trinajstić information content (AvgIpc) is 2.78. The molecule has 1 aliphatic heterocycles. The predicted octanol–water partition coefficient (Wildman–Crippen LogP) is 1.89. The van der Waals surface area contributed by atoms with Crippen LogP contribution in [0.4, 0.5) is 11.5 Å². The second-order valence-corrected chi connectivity index (χ2v) is 6.17. The average molecular weight is 295 g/mol. The first-order valence-electron chi connectivity index (χ1n) is 7.55. The van der Waals surface area contributed by atoms with Gasteiger partial charge in [-0.3, -0.25) is 10.1 Å². The van der Waals surface area contributed by atoms with Crippen molar-refractivity contribution in [3.05, 3.63) is 15.8 Å². The van der Waals surface area contributed by atoms with Crippen molar-refractivity contribution < 1.29 is 4.92 Å². The molecule has 0 bridgehead atoms. The van der Waals surface area contributed by atoms with E-state index in [1.54, 1.807) is 11.7 Å². The Morgan fingerprint density at radius 2 is 2.10 bits per heavy atom. The molecular weight excluding hydrogens is 270 g/mol. The van der Waals surface area contributed by atoms with Crippen molar-refractivity contribution in [2.24, 2.45) is 13.0 Å². The molecule has 1 fully saturated rings. The summed E-state index contributed by atoms with van der Waals surface area (Å²) in [6.45, 7) is 6.77. The van der Waals surface area contributed by atoms with Crippen LogP contribution in [0.2, 0.25) is 0 Å². The third kappa shape index (κ3) is 3.34. The molecule has 0 radical (unpaired) electrons. The molecule has 0 spiro atoms. The fourth-order valence-corrected chi connectivity index (χ4v) is 3.05. The fourth-order valence-electron chi connectivity index (χ4n) is 3.05. The number of aromatic nitrogens is 2. The summed E-state index contributed by atoms with van der Waals surface area (Å²) in [6, 6.07) is 0. The van der Waals surface area contributed by atoms with Crippen LogP contribution >= 0.6 is 0 Å². The number of rotatable bonds is 5. The molecule has 0 aliphatic carbocycles. The largest absolute Gasteiger partial charge is 0.354 e. The molecule has 1 saturated heterocycles. The number of hydrogen-bond acceptors (Lipinski definition) is 5. The maximum Gasteiger partial charge on any atom is 0.334 e. The summed E-state index contributed by atoms with van der Waals surface area (Å²) in [5.41, 5.74) is 0.721. The van der Waals surface area contributed by atoms with Gasteiger partial charge < -0.3 is 10.2 Å². The predicted molar refractivity (Wildman–Crippen MR) is 82.8 cm³/mol. The van der Waals surface area contributed by atoms with Crippen LogP contribution in [-0.4, -0.2) is 41.4 Å². The van der Waals surface area contributed by atoms with E-state index in [9.17, 15) is 10.1 Å². The minimum absolute atomic E-state index is 0.0395. The van der Waals surface area contributed by atoms with Gasteiger partial charge in [0.2, 0.25) is 5.82 Å².